The summed E-state index contributed by atoms with van der Waals surface area (Å²) in [7, 11) is 0. The third kappa shape index (κ3) is 6.54. The van der Waals surface area contributed by atoms with E-state index in [-0.39, 0.29) is 11.8 Å². The first-order chi connectivity index (χ1) is 24.7. The molecule has 0 spiro atoms. The van der Waals surface area contributed by atoms with E-state index >= 15 is 0 Å². The normalized spacial score (nSPS) is 15.7. The number of allylic oxidation sites excluding steroid dienone is 4. The second-order valence-corrected chi connectivity index (χ2v) is 12.6. The molecule has 1 unspecified atom stereocenters. The Morgan fingerprint density at radius 1 is 0.420 bits per heavy atom. The molecule has 0 amide bonds. The molecule has 5 heteroatoms. The van der Waals surface area contributed by atoms with E-state index in [1.165, 1.54) is 0 Å². The van der Waals surface area contributed by atoms with E-state index < -0.39 is 0 Å². The van der Waals surface area contributed by atoms with Crippen LogP contribution in [0.4, 0.5) is 0 Å². The van der Waals surface area contributed by atoms with E-state index in [0.29, 0.717) is 17.5 Å². The Bertz CT molecular complexity index is 2230. The molecule has 0 saturated carbocycles. The largest absolute Gasteiger partial charge is 0.248 e. The quantitative estimate of drug-likeness (QED) is 0.173. The summed E-state index contributed by atoms with van der Waals surface area (Å²) in [5, 5.41) is 0. The maximum Gasteiger partial charge on any atom is 0.164 e. The number of hydrogen-bond donors (Lipinski definition) is 0. The fourth-order valence-corrected chi connectivity index (χ4v) is 6.47. The Kier molecular flexibility index (Phi) is 8.69. The standard InChI is InChI=1S/C45H35N5/c1-31-27-28-37(45-49-43(35-23-13-5-14-24-35)48-44(50-45)36-25-15-6-16-26-36)30-38(29-31)42-41(34-21-11-4-12-22-34)46-39(32-17-7-2-8-18-32)40(47-42)33-19-9-3-10-20-33/h2-28,30-31,38H,29H2,1H3/t31-,38?/m1/s1. The van der Waals surface area contributed by atoms with Gasteiger partial charge < -0.3 is 0 Å². The van der Waals surface area contributed by atoms with E-state index in [4.69, 9.17) is 24.9 Å². The summed E-state index contributed by atoms with van der Waals surface area (Å²) in [6.07, 6.45) is 7.56. The van der Waals surface area contributed by atoms with Crippen molar-refractivity contribution in [3.63, 3.8) is 0 Å². The van der Waals surface area contributed by atoms with Crippen LogP contribution < -0.4 is 0 Å². The zero-order chi connectivity index (χ0) is 33.7. The van der Waals surface area contributed by atoms with Crippen molar-refractivity contribution in [1.29, 1.82) is 0 Å². The number of nitrogens with zero attached hydrogens (tertiary/aromatic N) is 5. The van der Waals surface area contributed by atoms with Crippen molar-refractivity contribution in [2.45, 2.75) is 19.3 Å². The van der Waals surface area contributed by atoms with Crippen LogP contribution in [0.2, 0.25) is 0 Å². The van der Waals surface area contributed by atoms with Gasteiger partial charge in [-0.25, -0.2) is 24.9 Å². The molecule has 0 saturated heterocycles. The molecule has 50 heavy (non-hydrogen) atoms. The van der Waals surface area contributed by atoms with E-state index in [9.17, 15) is 0 Å². The molecule has 8 rings (SSSR count). The molecule has 240 valence electrons. The van der Waals surface area contributed by atoms with Gasteiger partial charge in [0.1, 0.15) is 0 Å². The molecular formula is C45H35N5. The van der Waals surface area contributed by atoms with Crippen LogP contribution in [0.1, 0.15) is 30.8 Å². The average Bonchev–Trinajstić information content (AvgIpc) is 3.40. The van der Waals surface area contributed by atoms with Gasteiger partial charge in [-0.15, -0.1) is 0 Å². The average molecular weight is 646 g/mol. The van der Waals surface area contributed by atoms with Crippen LogP contribution >= 0.6 is 0 Å². The molecule has 2 aromatic heterocycles. The van der Waals surface area contributed by atoms with Gasteiger partial charge in [-0.3, -0.25) is 0 Å². The molecule has 0 radical (unpaired) electrons. The van der Waals surface area contributed by atoms with E-state index in [1.54, 1.807) is 0 Å². The van der Waals surface area contributed by atoms with E-state index in [0.717, 1.165) is 62.6 Å². The van der Waals surface area contributed by atoms with Crippen molar-refractivity contribution in [3.8, 4) is 56.5 Å². The smallest absolute Gasteiger partial charge is 0.164 e. The monoisotopic (exact) mass is 645 g/mol. The third-order valence-electron chi connectivity index (χ3n) is 8.98. The zero-order valence-electron chi connectivity index (χ0n) is 27.8. The highest BCUT2D eigenvalue weighted by atomic mass is 15.0. The van der Waals surface area contributed by atoms with Crippen molar-refractivity contribution >= 4 is 5.57 Å². The second kappa shape index (κ2) is 14.0. The molecule has 1 aliphatic carbocycles. The molecule has 0 aliphatic heterocycles. The van der Waals surface area contributed by atoms with Crippen LogP contribution in [-0.2, 0) is 0 Å². The van der Waals surface area contributed by atoms with Gasteiger partial charge in [-0.05, 0) is 12.3 Å². The van der Waals surface area contributed by atoms with Gasteiger partial charge in [0, 0.05) is 39.3 Å². The van der Waals surface area contributed by atoms with Gasteiger partial charge in [-0.2, -0.15) is 0 Å². The summed E-state index contributed by atoms with van der Waals surface area (Å²) < 4.78 is 0. The second-order valence-electron chi connectivity index (χ2n) is 12.6. The molecule has 5 aromatic carbocycles. The molecule has 7 aromatic rings. The number of aromatic nitrogens is 5. The summed E-state index contributed by atoms with van der Waals surface area (Å²) >= 11 is 0. The molecule has 0 fully saturated rings. The van der Waals surface area contributed by atoms with E-state index in [2.05, 4.69) is 97.9 Å². The van der Waals surface area contributed by atoms with Gasteiger partial charge in [0.15, 0.2) is 17.5 Å². The maximum atomic E-state index is 5.57. The Hall–Kier alpha value is -6.33. The molecule has 2 heterocycles. The predicted molar refractivity (Wildman–Crippen MR) is 203 cm³/mol. The number of rotatable bonds is 7. The minimum Gasteiger partial charge on any atom is -0.248 e. The third-order valence-corrected chi connectivity index (χ3v) is 8.98. The first-order valence-corrected chi connectivity index (χ1v) is 17.0. The maximum absolute atomic E-state index is 5.57. The molecule has 1 aliphatic rings. The first kappa shape index (κ1) is 31.0. The van der Waals surface area contributed by atoms with Crippen LogP contribution in [0.3, 0.4) is 0 Å². The highest BCUT2D eigenvalue weighted by Gasteiger charge is 2.26. The van der Waals surface area contributed by atoms with Gasteiger partial charge in [-0.1, -0.05) is 177 Å². The van der Waals surface area contributed by atoms with Crippen molar-refractivity contribution < 1.29 is 0 Å². The van der Waals surface area contributed by atoms with Crippen LogP contribution in [0, 0.1) is 5.92 Å². The van der Waals surface area contributed by atoms with Crippen LogP contribution in [-0.4, -0.2) is 24.9 Å². The first-order valence-electron chi connectivity index (χ1n) is 17.0. The topological polar surface area (TPSA) is 64.5 Å². The van der Waals surface area contributed by atoms with E-state index in [1.807, 2.05) is 78.9 Å². The van der Waals surface area contributed by atoms with Gasteiger partial charge in [0.2, 0.25) is 0 Å². The minimum absolute atomic E-state index is 0.0675. The van der Waals surface area contributed by atoms with Crippen LogP contribution in [0.25, 0.3) is 62.1 Å². The minimum atomic E-state index is -0.0675. The Balaban J connectivity index is 1.34. The predicted octanol–water partition coefficient (Wildman–Crippen LogP) is 10.8. The highest BCUT2D eigenvalue weighted by Crippen LogP contribution is 2.40. The van der Waals surface area contributed by atoms with Gasteiger partial charge in [0.05, 0.1) is 22.8 Å². The lowest BCUT2D eigenvalue weighted by Crippen LogP contribution is -2.10. The number of hydrogen-bond acceptors (Lipinski definition) is 5. The summed E-state index contributed by atoms with van der Waals surface area (Å²) in [4.78, 5) is 26.1. The number of benzene rings is 5. The van der Waals surface area contributed by atoms with Gasteiger partial charge in [0.25, 0.3) is 0 Å². The Morgan fingerprint density at radius 2 is 0.820 bits per heavy atom. The fourth-order valence-electron chi connectivity index (χ4n) is 6.47. The summed E-state index contributed by atoms with van der Waals surface area (Å²) in [5.41, 5.74) is 9.45. The van der Waals surface area contributed by atoms with Crippen LogP contribution in [0.15, 0.2) is 170 Å². The van der Waals surface area contributed by atoms with Crippen molar-refractivity contribution in [2.75, 3.05) is 0 Å². The highest BCUT2D eigenvalue weighted by molar-refractivity contribution is 5.81. The zero-order valence-corrected chi connectivity index (χ0v) is 27.8. The molecule has 2 atom stereocenters. The van der Waals surface area contributed by atoms with Crippen molar-refractivity contribution in [2.24, 2.45) is 5.92 Å². The molecular weight excluding hydrogens is 611 g/mol. The molecule has 0 bridgehead atoms. The van der Waals surface area contributed by atoms with Crippen molar-refractivity contribution in [1.82, 2.24) is 24.9 Å². The molecule has 0 N–H and O–H groups in total. The molecule has 5 nitrogen and oxygen atoms in total. The Morgan fingerprint density at radius 3 is 1.30 bits per heavy atom. The lowest BCUT2D eigenvalue weighted by atomic mass is 9.89. The van der Waals surface area contributed by atoms with Crippen molar-refractivity contribution in [3.05, 3.63) is 181 Å². The van der Waals surface area contributed by atoms with Crippen LogP contribution in [0.5, 0.6) is 0 Å². The summed E-state index contributed by atoms with van der Waals surface area (Å²) in [5.74, 6) is 2.12. The lowest BCUT2D eigenvalue weighted by molar-refractivity contribution is 0.596. The summed E-state index contributed by atoms with van der Waals surface area (Å²) in [6.45, 7) is 2.25. The van der Waals surface area contributed by atoms with Gasteiger partial charge >= 0.3 is 0 Å². The fraction of sp³-hybridized carbons (Fsp3) is 0.0889. The lowest BCUT2D eigenvalue weighted by Gasteiger charge is -2.21. The SMILES string of the molecule is C[C@@H]1C=CC(c2nc(-c3ccccc3)nc(-c3ccccc3)n2)=CC(c2nc(-c3ccccc3)c(-c3ccccc3)nc2-c2ccccc2)C1. The summed E-state index contributed by atoms with van der Waals surface area (Å²) in [6, 6.07) is 51.3. The Labute approximate surface area is 292 Å².